The largest absolute Gasteiger partial charge is 0.457 e. The van der Waals surface area contributed by atoms with Crippen LogP contribution in [0, 0.1) is 3.57 Å². The smallest absolute Gasteiger partial charge is 0.263 e. The molecular weight excluding hydrogens is 568 g/mol. The molecule has 0 aliphatic carbocycles. The molecule has 0 fully saturated rings. The molecule has 4 aromatic rings. The van der Waals surface area contributed by atoms with Crippen LogP contribution < -0.4 is 4.90 Å². The molecule has 1 aromatic heterocycles. The molecule has 0 saturated carbocycles. The highest BCUT2D eigenvalue weighted by Gasteiger charge is 2.30. The molecule has 2 heterocycles. The second-order valence-electron chi connectivity index (χ2n) is 7.45. The fourth-order valence-electron chi connectivity index (χ4n) is 3.70. The summed E-state index contributed by atoms with van der Waals surface area (Å²) in [6.45, 7) is 0. The molecule has 3 nitrogen and oxygen atoms in total. The van der Waals surface area contributed by atoms with E-state index in [0.29, 0.717) is 27.1 Å². The summed E-state index contributed by atoms with van der Waals surface area (Å²) < 4.78 is 7.05. The number of benzene rings is 3. The van der Waals surface area contributed by atoms with E-state index in [2.05, 4.69) is 22.6 Å². The van der Waals surface area contributed by atoms with E-state index < -0.39 is 0 Å². The molecule has 6 heteroatoms. The lowest BCUT2D eigenvalue weighted by Crippen LogP contribution is -2.25. The third kappa shape index (κ3) is 4.51. The first kappa shape index (κ1) is 22.0. The van der Waals surface area contributed by atoms with Gasteiger partial charge in [-0.25, -0.2) is 0 Å². The van der Waals surface area contributed by atoms with Crippen LogP contribution in [0.1, 0.15) is 11.3 Å². The zero-order valence-electron chi connectivity index (χ0n) is 17.1. The van der Waals surface area contributed by atoms with E-state index in [1.165, 1.54) is 0 Å². The van der Waals surface area contributed by atoms with Crippen LogP contribution in [0.2, 0.25) is 10.0 Å². The van der Waals surface area contributed by atoms with Crippen molar-refractivity contribution in [3.63, 3.8) is 0 Å². The van der Waals surface area contributed by atoms with Gasteiger partial charge in [0, 0.05) is 14.7 Å². The Balaban J connectivity index is 1.54. The molecule has 5 rings (SSSR count). The summed E-state index contributed by atoms with van der Waals surface area (Å²) in [6.07, 6.45) is 3.67. The topological polar surface area (TPSA) is 33.5 Å². The average Bonchev–Trinajstić information content (AvgIpc) is 3.41. The number of nitrogens with zero attached hydrogens (tertiary/aromatic N) is 1. The van der Waals surface area contributed by atoms with Crippen molar-refractivity contribution in [2.75, 3.05) is 4.90 Å². The first-order valence-electron chi connectivity index (χ1n) is 10.1. The van der Waals surface area contributed by atoms with Gasteiger partial charge in [-0.3, -0.25) is 9.69 Å². The molecule has 0 atom stereocenters. The van der Waals surface area contributed by atoms with Crippen LogP contribution in [0.4, 0.5) is 5.69 Å². The van der Waals surface area contributed by atoms with Crippen LogP contribution in [-0.2, 0) is 4.79 Å². The van der Waals surface area contributed by atoms with Crippen molar-refractivity contribution >= 4 is 69.2 Å². The third-order valence-corrected chi connectivity index (χ3v) is 6.66. The van der Waals surface area contributed by atoms with Gasteiger partial charge >= 0.3 is 0 Å². The first-order valence-corrected chi connectivity index (χ1v) is 12.0. The maximum Gasteiger partial charge on any atom is 0.263 e. The quantitative estimate of drug-likeness (QED) is 0.179. The summed E-state index contributed by atoms with van der Waals surface area (Å²) in [5, 5.41) is 0.945. The van der Waals surface area contributed by atoms with E-state index in [-0.39, 0.29) is 5.91 Å². The summed E-state index contributed by atoms with van der Waals surface area (Å²) in [7, 11) is 0. The average molecular weight is 584 g/mol. The van der Waals surface area contributed by atoms with Gasteiger partial charge in [0.1, 0.15) is 11.5 Å². The van der Waals surface area contributed by atoms with Crippen molar-refractivity contribution in [3.8, 4) is 11.3 Å². The number of rotatable bonds is 4. The second-order valence-corrected chi connectivity index (χ2v) is 9.51. The Bertz CT molecular complexity index is 1420. The highest BCUT2D eigenvalue weighted by Crippen LogP contribution is 2.36. The Morgan fingerprint density at radius 1 is 0.818 bits per heavy atom. The summed E-state index contributed by atoms with van der Waals surface area (Å²) in [5.74, 6) is 1.11. The number of carbonyl (C=O) groups excluding carboxylic acids is 1. The highest BCUT2D eigenvalue weighted by molar-refractivity contribution is 14.1. The predicted molar refractivity (Wildman–Crippen MR) is 143 cm³/mol. The number of anilines is 1. The van der Waals surface area contributed by atoms with Gasteiger partial charge in [0.2, 0.25) is 0 Å². The number of carbonyl (C=O) groups is 1. The highest BCUT2D eigenvalue weighted by atomic mass is 127. The maximum absolute atomic E-state index is 13.5. The van der Waals surface area contributed by atoms with Gasteiger partial charge in [-0.15, -0.1) is 0 Å². The minimum atomic E-state index is -0.108. The van der Waals surface area contributed by atoms with Crippen molar-refractivity contribution in [2.45, 2.75) is 0 Å². The summed E-state index contributed by atoms with van der Waals surface area (Å²) in [4.78, 5) is 15.2. The van der Waals surface area contributed by atoms with E-state index in [9.17, 15) is 4.79 Å². The molecule has 1 aliphatic heterocycles. The zero-order valence-corrected chi connectivity index (χ0v) is 20.8. The zero-order chi connectivity index (χ0) is 22.9. The van der Waals surface area contributed by atoms with Crippen LogP contribution in [-0.4, -0.2) is 5.91 Å². The molecule has 0 radical (unpaired) electrons. The molecule has 162 valence electrons. The Hall–Kier alpha value is -2.80. The van der Waals surface area contributed by atoms with Crippen molar-refractivity contribution < 1.29 is 9.21 Å². The summed E-state index contributed by atoms with van der Waals surface area (Å²) in [5.41, 5.74) is 3.96. The second kappa shape index (κ2) is 9.21. The molecular formula is C27H16Cl2INO2. The first-order chi connectivity index (χ1) is 16.0. The van der Waals surface area contributed by atoms with Gasteiger partial charge in [-0.1, -0.05) is 59.6 Å². The number of amides is 1. The van der Waals surface area contributed by atoms with Crippen LogP contribution in [0.25, 0.3) is 23.1 Å². The SMILES string of the molecule is O=C1C(=Cc2ccc(-c3ccc(Cl)c(Cl)c3)o2)C=C(c2ccccc2)N1c1cccc(I)c1. The minimum absolute atomic E-state index is 0.108. The van der Waals surface area contributed by atoms with Crippen LogP contribution in [0.3, 0.4) is 0 Å². The van der Waals surface area contributed by atoms with Crippen molar-refractivity contribution in [3.05, 3.63) is 122 Å². The van der Waals surface area contributed by atoms with Crippen LogP contribution in [0.5, 0.6) is 0 Å². The Kier molecular flexibility index (Phi) is 6.15. The lowest BCUT2D eigenvalue weighted by atomic mass is 10.1. The maximum atomic E-state index is 13.5. The third-order valence-electron chi connectivity index (χ3n) is 5.25. The van der Waals surface area contributed by atoms with E-state index in [1.807, 2.05) is 78.9 Å². The van der Waals surface area contributed by atoms with E-state index >= 15 is 0 Å². The molecule has 0 N–H and O–H groups in total. The van der Waals surface area contributed by atoms with Crippen molar-refractivity contribution in [2.24, 2.45) is 0 Å². The van der Waals surface area contributed by atoms with Crippen LogP contribution >= 0.6 is 45.8 Å². The molecule has 3 aromatic carbocycles. The number of hydrogen-bond donors (Lipinski definition) is 0. The van der Waals surface area contributed by atoms with Gasteiger partial charge in [0.05, 0.1) is 21.4 Å². The summed E-state index contributed by atoms with van der Waals surface area (Å²) in [6, 6.07) is 26.8. The molecule has 1 amide bonds. The number of furan rings is 1. The lowest BCUT2D eigenvalue weighted by molar-refractivity contribution is -0.113. The summed E-state index contributed by atoms with van der Waals surface area (Å²) >= 11 is 14.4. The lowest BCUT2D eigenvalue weighted by Gasteiger charge is -2.21. The van der Waals surface area contributed by atoms with Gasteiger partial charge in [-0.2, -0.15) is 0 Å². The molecule has 0 saturated heterocycles. The minimum Gasteiger partial charge on any atom is -0.457 e. The Labute approximate surface area is 215 Å². The standard InChI is InChI=1S/C27H16Cl2INO2/c28-23-11-9-18(14-24(23)29)26-12-10-22(33-26)13-19-15-25(17-5-2-1-3-6-17)31(27(19)32)21-8-4-7-20(30)16-21/h1-16H. The van der Waals surface area contributed by atoms with Gasteiger partial charge in [0.15, 0.2) is 0 Å². The van der Waals surface area contributed by atoms with Gasteiger partial charge in [-0.05, 0) is 88.8 Å². The van der Waals surface area contributed by atoms with Crippen LogP contribution in [0.15, 0.2) is 101 Å². The fourth-order valence-corrected chi connectivity index (χ4v) is 4.52. The van der Waals surface area contributed by atoms with Gasteiger partial charge in [0.25, 0.3) is 5.91 Å². The van der Waals surface area contributed by atoms with E-state index in [1.54, 1.807) is 23.1 Å². The van der Waals surface area contributed by atoms with Gasteiger partial charge < -0.3 is 4.42 Å². The molecule has 0 spiro atoms. The van der Waals surface area contributed by atoms with Crippen molar-refractivity contribution in [1.29, 1.82) is 0 Å². The molecule has 0 bridgehead atoms. The monoisotopic (exact) mass is 583 g/mol. The fraction of sp³-hybridized carbons (Fsp3) is 0. The predicted octanol–water partition coefficient (Wildman–Crippen LogP) is 8.33. The molecule has 1 aliphatic rings. The Morgan fingerprint density at radius 2 is 1.64 bits per heavy atom. The van der Waals surface area contributed by atoms with E-state index in [0.717, 1.165) is 26.1 Å². The molecule has 0 unspecified atom stereocenters. The molecule has 33 heavy (non-hydrogen) atoms. The normalized spacial score (nSPS) is 14.8. The number of halogens is 3. The number of hydrogen-bond acceptors (Lipinski definition) is 2. The van der Waals surface area contributed by atoms with E-state index in [4.69, 9.17) is 27.6 Å². The Morgan fingerprint density at radius 3 is 2.39 bits per heavy atom. The van der Waals surface area contributed by atoms with Crippen molar-refractivity contribution in [1.82, 2.24) is 0 Å².